The number of halogens is 3. The summed E-state index contributed by atoms with van der Waals surface area (Å²) in [5.74, 6) is 0.0858. The fourth-order valence-corrected chi connectivity index (χ4v) is 2.88. The van der Waals surface area contributed by atoms with Crippen LogP contribution in [-0.2, 0) is 0 Å². The smallest absolute Gasteiger partial charge is 0.395 e. The van der Waals surface area contributed by atoms with Gasteiger partial charge in [0.05, 0.1) is 9.08 Å². The van der Waals surface area contributed by atoms with Gasteiger partial charge in [-0.2, -0.15) is 0 Å². The van der Waals surface area contributed by atoms with Crippen molar-refractivity contribution in [1.82, 2.24) is 4.98 Å². The predicted molar refractivity (Wildman–Crippen MR) is 66.5 cm³/mol. The molecular formula is C10H4F2INO2S. The van der Waals surface area contributed by atoms with Crippen molar-refractivity contribution in [3.05, 3.63) is 27.3 Å². The first-order chi connectivity index (χ1) is 8.03. The molecule has 2 aromatic rings. The standard InChI is InChI=1S/C10H4F2INO2S/c11-10(12)15-6-2-1-5(3-7(6)16-10)9-14-4-8(13)17-9/h1-4H. The van der Waals surface area contributed by atoms with Gasteiger partial charge in [-0.25, -0.2) is 4.98 Å². The molecule has 2 heterocycles. The maximum absolute atomic E-state index is 12.8. The average molecular weight is 367 g/mol. The second-order valence-electron chi connectivity index (χ2n) is 3.30. The molecule has 1 aliphatic heterocycles. The van der Waals surface area contributed by atoms with Crippen molar-refractivity contribution in [2.45, 2.75) is 6.29 Å². The van der Waals surface area contributed by atoms with E-state index in [0.29, 0.717) is 0 Å². The Morgan fingerprint density at radius 3 is 2.71 bits per heavy atom. The quantitative estimate of drug-likeness (QED) is 0.720. The minimum absolute atomic E-state index is 0.0395. The third-order valence-corrected chi connectivity index (χ3v) is 3.90. The van der Waals surface area contributed by atoms with E-state index in [1.165, 1.54) is 23.5 Å². The second-order valence-corrected chi connectivity index (χ2v) is 6.22. The van der Waals surface area contributed by atoms with Crippen LogP contribution in [0.4, 0.5) is 8.78 Å². The topological polar surface area (TPSA) is 31.4 Å². The summed E-state index contributed by atoms with van der Waals surface area (Å²) in [5, 5.41) is 0.760. The van der Waals surface area contributed by atoms with Crippen LogP contribution in [0, 0.1) is 2.88 Å². The zero-order valence-corrected chi connectivity index (χ0v) is 11.1. The van der Waals surface area contributed by atoms with Gasteiger partial charge < -0.3 is 9.47 Å². The predicted octanol–water partition coefficient (Wildman–Crippen LogP) is 3.74. The van der Waals surface area contributed by atoms with Crippen molar-refractivity contribution in [3.63, 3.8) is 0 Å². The van der Waals surface area contributed by atoms with E-state index < -0.39 is 6.29 Å². The SMILES string of the molecule is FC1(F)Oc2ccc(-c3ncc(I)s3)cc2O1. The molecule has 0 N–H and O–H groups in total. The fraction of sp³-hybridized carbons (Fsp3) is 0.100. The highest BCUT2D eigenvalue weighted by Crippen LogP contribution is 2.43. The number of nitrogens with zero attached hydrogens (tertiary/aromatic N) is 1. The fourth-order valence-electron chi connectivity index (χ4n) is 1.47. The highest BCUT2D eigenvalue weighted by molar-refractivity contribution is 14.1. The molecular weight excluding hydrogens is 363 g/mol. The molecule has 0 spiro atoms. The second kappa shape index (κ2) is 3.77. The normalized spacial score (nSPS) is 16.2. The summed E-state index contributed by atoms with van der Waals surface area (Å²) in [6.07, 6.45) is -1.85. The Hall–Kier alpha value is -0.960. The number of thiazole rings is 1. The molecule has 1 aromatic heterocycles. The van der Waals surface area contributed by atoms with Crippen LogP contribution in [0.1, 0.15) is 0 Å². The summed E-state index contributed by atoms with van der Waals surface area (Å²) in [6.45, 7) is 0. The van der Waals surface area contributed by atoms with Gasteiger partial charge >= 0.3 is 6.29 Å². The van der Waals surface area contributed by atoms with Crippen LogP contribution in [0.2, 0.25) is 0 Å². The molecule has 0 amide bonds. The van der Waals surface area contributed by atoms with E-state index in [9.17, 15) is 8.78 Å². The van der Waals surface area contributed by atoms with Crippen LogP contribution in [-0.4, -0.2) is 11.3 Å². The highest BCUT2D eigenvalue weighted by Gasteiger charge is 2.43. The highest BCUT2D eigenvalue weighted by atomic mass is 127. The monoisotopic (exact) mass is 367 g/mol. The lowest BCUT2D eigenvalue weighted by molar-refractivity contribution is -0.286. The molecule has 0 saturated carbocycles. The number of hydrogen-bond acceptors (Lipinski definition) is 4. The van der Waals surface area contributed by atoms with Gasteiger partial charge in [0, 0.05) is 5.56 Å². The zero-order chi connectivity index (χ0) is 12.0. The number of benzene rings is 1. The average Bonchev–Trinajstić information content (AvgIpc) is 2.78. The Kier molecular flexibility index (Phi) is 2.47. The van der Waals surface area contributed by atoms with Gasteiger partial charge in [-0.1, -0.05) is 0 Å². The van der Waals surface area contributed by atoms with Crippen LogP contribution in [0.5, 0.6) is 11.5 Å². The summed E-state index contributed by atoms with van der Waals surface area (Å²) < 4.78 is 35.4. The van der Waals surface area contributed by atoms with Crippen LogP contribution in [0.15, 0.2) is 24.4 Å². The molecule has 88 valence electrons. The molecule has 3 nitrogen and oxygen atoms in total. The van der Waals surface area contributed by atoms with E-state index >= 15 is 0 Å². The van der Waals surface area contributed by atoms with Crippen LogP contribution >= 0.6 is 33.9 Å². The first-order valence-electron chi connectivity index (χ1n) is 4.55. The summed E-state index contributed by atoms with van der Waals surface area (Å²) in [7, 11) is 0. The molecule has 0 unspecified atom stereocenters. The number of rotatable bonds is 1. The van der Waals surface area contributed by atoms with E-state index in [4.69, 9.17) is 0 Å². The molecule has 0 aliphatic carbocycles. The largest absolute Gasteiger partial charge is 0.586 e. The van der Waals surface area contributed by atoms with Gasteiger partial charge in [0.1, 0.15) is 5.01 Å². The summed E-state index contributed by atoms with van der Waals surface area (Å²) in [6, 6.07) is 4.64. The van der Waals surface area contributed by atoms with Gasteiger partial charge in [-0.15, -0.1) is 20.1 Å². The van der Waals surface area contributed by atoms with Crippen molar-refractivity contribution < 1.29 is 18.3 Å². The van der Waals surface area contributed by atoms with Crippen molar-refractivity contribution in [1.29, 1.82) is 0 Å². The number of hydrogen-bond donors (Lipinski definition) is 0. The molecule has 0 bridgehead atoms. The van der Waals surface area contributed by atoms with Gasteiger partial charge in [0.25, 0.3) is 0 Å². The Bertz CT molecular complexity index is 587. The van der Waals surface area contributed by atoms with Gasteiger partial charge in [-0.05, 0) is 40.8 Å². The zero-order valence-electron chi connectivity index (χ0n) is 8.12. The lowest BCUT2D eigenvalue weighted by Gasteiger charge is -2.04. The van der Waals surface area contributed by atoms with E-state index in [-0.39, 0.29) is 11.5 Å². The minimum Gasteiger partial charge on any atom is -0.395 e. The molecule has 0 saturated heterocycles. The van der Waals surface area contributed by atoms with E-state index in [2.05, 4.69) is 37.0 Å². The Labute approximate surface area is 113 Å². The van der Waals surface area contributed by atoms with Crippen LogP contribution < -0.4 is 9.47 Å². The summed E-state index contributed by atoms with van der Waals surface area (Å²) in [5.41, 5.74) is 0.734. The van der Waals surface area contributed by atoms with Crippen LogP contribution in [0.25, 0.3) is 10.6 Å². The van der Waals surface area contributed by atoms with Crippen LogP contribution in [0.3, 0.4) is 0 Å². The van der Waals surface area contributed by atoms with Crippen molar-refractivity contribution in [2.24, 2.45) is 0 Å². The molecule has 1 aromatic carbocycles. The lowest BCUT2D eigenvalue weighted by Crippen LogP contribution is -2.25. The molecule has 17 heavy (non-hydrogen) atoms. The number of aromatic nitrogens is 1. The molecule has 0 atom stereocenters. The van der Waals surface area contributed by atoms with Gasteiger partial charge in [0.2, 0.25) is 0 Å². The third kappa shape index (κ3) is 2.08. The number of fused-ring (bicyclic) bond motifs is 1. The van der Waals surface area contributed by atoms with E-state index in [1.807, 2.05) is 0 Å². The molecule has 3 rings (SSSR count). The summed E-state index contributed by atoms with van der Waals surface area (Å²) >= 11 is 3.63. The Morgan fingerprint density at radius 2 is 2.00 bits per heavy atom. The Morgan fingerprint density at radius 1 is 1.24 bits per heavy atom. The lowest BCUT2D eigenvalue weighted by atomic mass is 10.2. The number of alkyl halides is 2. The van der Waals surface area contributed by atoms with Crippen molar-refractivity contribution in [2.75, 3.05) is 0 Å². The maximum Gasteiger partial charge on any atom is 0.586 e. The van der Waals surface area contributed by atoms with E-state index in [0.717, 1.165) is 13.5 Å². The molecule has 7 heteroatoms. The van der Waals surface area contributed by atoms with E-state index in [1.54, 1.807) is 12.3 Å². The van der Waals surface area contributed by atoms with Crippen molar-refractivity contribution in [3.8, 4) is 22.1 Å². The molecule has 0 radical (unpaired) electrons. The molecule has 1 aliphatic rings. The third-order valence-electron chi connectivity index (χ3n) is 2.13. The Balaban J connectivity index is 2.01. The van der Waals surface area contributed by atoms with Gasteiger partial charge in [0.15, 0.2) is 11.5 Å². The minimum atomic E-state index is -3.57. The van der Waals surface area contributed by atoms with Crippen molar-refractivity contribution >= 4 is 33.9 Å². The first-order valence-corrected chi connectivity index (χ1v) is 6.45. The van der Waals surface area contributed by atoms with Gasteiger partial charge in [-0.3, -0.25) is 0 Å². The number of ether oxygens (including phenoxy) is 2. The molecule has 0 fully saturated rings. The maximum atomic E-state index is 12.8. The first kappa shape index (κ1) is 11.1. The summed E-state index contributed by atoms with van der Waals surface area (Å²) in [4.78, 5) is 4.18.